The molecule has 1 atom stereocenters. The lowest BCUT2D eigenvalue weighted by Gasteiger charge is -2.32. The van der Waals surface area contributed by atoms with Crippen molar-refractivity contribution in [1.82, 2.24) is 4.90 Å². The van der Waals surface area contributed by atoms with Crippen molar-refractivity contribution in [2.24, 2.45) is 0 Å². The summed E-state index contributed by atoms with van der Waals surface area (Å²) in [5.74, 6) is 0. The molecule has 0 saturated heterocycles. The Bertz CT molecular complexity index is 343. The largest absolute Gasteiger partial charge is 0.385 e. The number of hydrogen-bond donors (Lipinski definition) is 1. The van der Waals surface area contributed by atoms with Gasteiger partial charge in [0.1, 0.15) is 0 Å². The van der Waals surface area contributed by atoms with E-state index in [2.05, 4.69) is 17.0 Å². The molecular formula is C13H17NO. The average Bonchev–Trinajstić information content (AvgIpc) is 2.17. The zero-order valence-corrected chi connectivity index (χ0v) is 9.06. The lowest BCUT2D eigenvalue weighted by Crippen LogP contribution is -2.42. The normalized spacial score (nSPS) is 26.8. The summed E-state index contributed by atoms with van der Waals surface area (Å²) in [6.07, 6.45) is 3.92. The Labute approximate surface area is 90.8 Å². The summed E-state index contributed by atoms with van der Waals surface area (Å²) in [4.78, 5) is 2.25. The number of hydrogen-bond acceptors (Lipinski definition) is 2. The predicted octanol–water partition coefficient (Wildman–Crippen LogP) is 1.81. The third kappa shape index (κ3) is 2.91. The van der Waals surface area contributed by atoms with Crippen LogP contribution in [0.3, 0.4) is 0 Å². The van der Waals surface area contributed by atoms with E-state index in [4.69, 9.17) is 0 Å². The van der Waals surface area contributed by atoms with Gasteiger partial charge in [0, 0.05) is 19.6 Å². The number of nitrogens with zero attached hydrogens (tertiary/aromatic N) is 1. The van der Waals surface area contributed by atoms with Crippen molar-refractivity contribution in [3.8, 4) is 0 Å². The van der Waals surface area contributed by atoms with Crippen LogP contribution in [0.4, 0.5) is 0 Å². The predicted molar refractivity (Wildman–Crippen MR) is 61.5 cm³/mol. The van der Waals surface area contributed by atoms with Crippen LogP contribution in [0.15, 0.2) is 42.5 Å². The SMILES string of the molecule is CC1(O)C=CCN(Cc2ccccc2)C1. The molecule has 1 heterocycles. The van der Waals surface area contributed by atoms with Crippen LogP contribution < -0.4 is 0 Å². The molecule has 0 aliphatic carbocycles. The fraction of sp³-hybridized carbons (Fsp3) is 0.385. The van der Waals surface area contributed by atoms with E-state index in [9.17, 15) is 5.11 Å². The van der Waals surface area contributed by atoms with Gasteiger partial charge in [0.25, 0.3) is 0 Å². The second-order valence-corrected chi connectivity index (χ2v) is 4.41. The van der Waals surface area contributed by atoms with E-state index >= 15 is 0 Å². The monoisotopic (exact) mass is 203 g/mol. The fourth-order valence-corrected chi connectivity index (χ4v) is 1.99. The molecule has 1 unspecified atom stereocenters. The molecule has 0 bridgehead atoms. The van der Waals surface area contributed by atoms with Gasteiger partial charge in [-0.3, -0.25) is 4.90 Å². The summed E-state index contributed by atoms with van der Waals surface area (Å²) in [5, 5.41) is 9.89. The lowest BCUT2D eigenvalue weighted by atomic mass is 10.0. The minimum Gasteiger partial charge on any atom is -0.385 e. The van der Waals surface area contributed by atoms with Gasteiger partial charge in [0.05, 0.1) is 5.60 Å². The number of benzene rings is 1. The highest BCUT2D eigenvalue weighted by molar-refractivity contribution is 5.15. The van der Waals surface area contributed by atoms with E-state index in [-0.39, 0.29) is 0 Å². The molecule has 0 radical (unpaired) electrons. The van der Waals surface area contributed by atoms with E-state index < -0.39 is 5.60 Å². The lowest BCUT2D eigenvalue weighted by molar-refractivity contribution is 0.0541. The van der Waals surface area contributed by atoms with Crippen LogP contribution in [0.25, 0.3) is 0 Å². The summed E-state index contributed by atoms with van der Waals surface area (Å²) in [6, 6.07) is 10.4. The van der Waals surface area contributed by atoms with Crippen molar-refractivity contribution in [1.29, 1.82) is 0 Å². The Morgan fingerprint density at radius 1 is 1.33 bits per heavy atom. The molecule has 2 nitrogen and oxygen atoms in total. The minimum absolute atomic E-state index is 0.674. The van der Waals surface area contributed by atoms with Crippen LogP contribution >= 0.6 is 0 Å². The molecule has 15 heavy (non-hydrogen) atoms. The number of rotatable bonds is 2. The van der Waals surface area contributed by atoms with Gasteiger partial charge >= 0.3 is 0 Å². The number of β-amino-alcohol motifs (C(OH)–C–C–N with tert-alkyl or cyclic N) is 1. The molecule has 1 aromatic rings. The summed E-state index contributed by atoms with van der Waals surface area (Å²) in [7, 11) is 0. The van der Waals surface area contributed by atoms with E-state index in [1.165, 1.54) is 5.56 Å². The highest BCUT2D eigenvalue weighted by Crippen LogP contribution is 2.15. The van der Waals surface area contributed by atoms with Crippen LogP contribution in [-0.4, -0.2) is 28.7 Å². The maximum Gasteiger partial charge on any atom is 0.0926 e. The van der Waals surface area contributed by atoms with Crippen molar-refractivity contribution >= 4 is 0 Å². The standard InChI is InChI=1S/C13H17NO/c1-13(15)8-5-9-14(11-13)10-12-6-3-2-4-7-12/h2-8,15H,9-11H2,1H3. The van der Waals surface area contributed by atoms with Gasteiger partial charge in [-0.15, -0.1) is 0 Å². The average molecular weight is 203 g/mol. The van der Waals surface area contributed by atoms with E-state index in [1.54, 1.807) is 0 Å². The Balaban J connectivity index is 2.00. The molecule has 2 rings (SSSR count). The van der Waals surface area contributed by atoms with Gasteiger partial charge in [-0.2, -0.15) is 0 Å². The van der Waals surface area contributed by atoms with E-state index in [0.717, 1.165) is 13.1 Å². The molecule has 0 aromatic heterocycles. The summed E-state index contributed by atoms with van der Waals surface area (Å²) < 4.78 is 0. The van der Waals surface area contributed by atoms with E-state index in [1.807, 2.05) is 37.3 Å². The Kier molecular flexibility index (Phi) is 2.89. The quantitative estimate of drug-likeness (QED) is 0.741. The topological polar surface area (TPSA) is 23.5 Å². The summed E-state index contributed by atoms with van der Waals surface area (Å²) in [6.45, 7) is 4.38. The van der Waals surface area contributed by atoms with Gasteiger partial charge in [-0.25, -0.2) is 0 Å². The van der Waals surface area contributed by atoms with Crippen molar-refractivity contribution < 1.29 is 5.11 Å². The fourth-order valence-electron chi connectivity index (χ4n) is 1.99. The smallest absolute Gasteiger partial charge is 0.0926 e. The molecular weight excluding hydrogens is 186 g/mol. The van der Waals surface area contributed by atoms with Crippen LogP contribution in [0.1, 0.15) is 12.5 Å². The zero-order valence-electron chi connectivity index (χ0n) is 9.06. The molecule has 1 aliphatic heterocycles. The number of aliphatic hydroxyl groups is 1. The molecule has 1 aromatic carbocycles. The molecule has 1 aliphatic rings. The molecule has 0 saturated carbocycles. The zero-order chi connectivity index (χ0) is 10.7. The van der Waals surface area contributed by atoms with Crippen molar-refractivity contribution in [3.63, 3.8) is 0 Å². The third-order valence-electron chi connectivity index (χ3n) is 2.63. The van der Waals surface area contributed by atoms with Crippen LogP contribution in [-0.2, 0) is 6.54 Å². The van der Waals surface area contributed by atoms with Crippen LogP contribution in [0, 0.1) is 0 Å². The molecule has 0 amide bonds. The minimum atomic E-state index is -0.674. The first-order valence-electron chi connectivity index (χ1n) is 5.32. The Hall–Kier alpha value is -1.12. The Morgan fingerprint density at radius 2 is 2.07 bits per heavy atom. The maximum absolute atomic E-state index is 9.89. The first kappa shape index (κ1) is 10.4. The van der Waals surface area contributed by atoms with Gasteiger partial charge in [-0.05, 0) is 12.5 Å². The Morgan fingerprint density at radius 3 is 2.73 bits per heavy atom. The molecule has 80 valence electrons. The first-order valence-corrected chi connectivity index (χ1v) is 5.32. The van der Waals surface area contributed by atoms with Crippen LogP contribution in [0.2, 0.25) is 0 Å². The summed E-state index contributed by atoms with van der Waals surface area (Å²) in [5.41, 5.74) is 0.621. The first-order chi connectivity index (χ1) is 7.16. The van der Waals surface area contributed by atoms with E-state index in [0.29, 0.717) is 6.54 Å². The highest BCUT2D eigenvalue weighted by Gasteiger charge is 2.23. The second-order valence-electron chi connectivity index (χ2n) is 4.41. The van der Waals surface area contributed by atoms with Crippen molar-refractivity contribution in [2.45, 2.75) is 19.1 Å². The van der Waals surface area contributed by atoms with Crippen molar-refractivity contribution in [3.05, 3.63) is 48.0 Å². The van der Waals surface area contributed by atoms with Crippen molar-refractivity contribution in [2.75, 3.05) is 13.1 Å². The van der Waals surface area contributed by atoms with Gasteiger partial charge in [0.2, 0.25) is 0 Å². The third-order valence-corrected chi connectivity index (χ3v) is 2.63. The van der Waals surface area contributed by atoms with Gasteiger partial charge < -0.3 is 5.11 Å². The molecule has 2 heteroatoms. The molecule has 0 spiro atoms. The molecule has 0 fully saturated rings. The van der Waals surface area contributed by atoms with Gasteiger partial charge in [-0.1, -0.05) is 42.5 Å². The summed E-state index contributed by atoms with van der Waals surface area (Å²) >= 11 is 0. The van der Waals surface area contributed by atoms with Gasteiger partial charge in [0.15, 0.2) is 0 Å². The molecule has 1 N–H and O–H groups in total. The van der Waals surface area contributed by atoms with Crippen LogP contribution in [0.5, 0.6) is 0 Å². The maximum atomic E-state index is 9.89. The highest BCUT2D eigenvalue weighted by atomic mass is 16.3. The second kappa shape index (κ2) is 4.17.